The van der Waals surface area contributed by atoms with Crippen molar-refractivity contribution in [1.82, 2.24) is 10.2 Å². The van der Waals surface area contributed by atoms with Gasteiger partial charge in [-0.15, -0.1) is 0 Å². The third-order valence-corrected chi connectivity index (χ3v) is 3.74. The fourth-order valence-corrected chi connectivity index (χ4v) is 2.65. The first-order valence-corrected chi connectivity index (χ1v) is 6.88. The molecule has 2 atom stereocenters. The van der Waals surface area contributed by atoms with Gasteiger partial charge in [0.25, 0.3) is 0 Å². The zero-order valence-electron chi connectivity index (χ0n) is 10.7. The van der Waals surface area contributed by atoms with E-state index in [0.29, 0.717) is 6.04 Å². The van der Waals surface area contributed by atoms with Crippen molar-refractivity contribution in [3.05, 3.63) is 0 Å². The van der Waals surface area contributed by atoms with E-state index in [1.807, 2.05) is 0 Å². The lowest BCUT2D eigenvalue weighted by molar-refractivity contribution is 0.0652. The van der Waals surface area contributed by atoms with Crippen molar-refractivity contribution in [2.75, 3.05) is 26.3 Å². The molecule has 3 heteroatoms. The highest BCUT2D eigenvalue weighted by Crippen LogP contribution is 2.29. The molecule has 2 rings (SSSR count). The molecular formula is C13H26N2O. The third-order valence-electron chi connectivity index (χ3n) is 3.74. The Morgan fingerprint density at radius 1 is 1.38 bits per heavy atom. The van der Waals surface area contributed by atoms with E-state index in [9.17, 15) is 0 Å². The highest BCUT2D eigenvalue weighted by Gasteiger charge is 2.34. The summed E-state index contributed by atoms with van der Waals surface area (Å²) >= 11 is 0. The molecule has 1 heterocycles. The van der Waals surface area contributed by atoms with Gasteiger partial charge in [-0.2, -0.15) is 0 Å². The SMILES string of the molecule is CCOCC(C)N(CC1CCCN1)C1CC1. The largest absolute Gasteiger partial charge is 0.380 e. The van der Waals surface area contributed by atoms with Crippen molar-refractivity contribution in [3.63, 3.8) is 0 Å². The van der Waals surface area contributed by atoms with Crippen LogP contribution in [0.2, 0.25) is 0 Å². The Morgan fingerprint density at radius 3 is 2.75 bits per heavy atom. The van der Waals surface area contributed by atoms with Gasteiger partial charge in [0.1, 0.15) is 0 Å². The maximum absolute atomic E-state index is 5.56. The number of nitrogens with one attached hydrogen (secondary N) is 1. The molecule has 2 aliphatic rings. The van der Waals surface area contributed by atoms with Crippen molar-refractivity contribution in [2.45, 2.75) is 57.7 Å². The van der Waals surface area contributed by atoms with Crippen molar-refractivity contribution >= 4 is 0 Å². The summed E-state index contributed by atoms with van der Waals surface area (Å²) in [7, 11) is 0. The third kappa shape index (κ3) is 3.44. The molecule has 1 saturated carbocycles. The van der Waals surface area contributed by atoms with E-state index in [0.717, 1.165) is 25.3 Å². The van der Waals surface area contributed by atoms with Crippen molar-refractivity contribution in [2.24, 2.45) is 0 Å². The second kappa shape index (κ2) is 5.99. The van der Waals surface area contributed by atoms with Crippen molar-refractivity contribution < 1.29 is 4.74 Å². The fourth-order valence-electron chi connectivity index (χ4n) is 2.65. The van der Waals surface area contributed by atoms with Crippen molar-refractivity contribution in [3.8, 4) is 0 Å². The molecule has 0 aromatic rings. The second-order valence-corrected chi connectivity index (χ2v) is 5.23. The van der Waals surface area contributed by atoms with Gasteiger partial charge in [0, 0.05) is 31.3 Å². The summed E-state index contributed by atoms with van der Waals surface area (Å²) in [5.74, 6) is 0. The lowest BCUT2D eigenvalue weighted by atomic mass is 10.2. The predicted molar refractivity (Wildman–Crippen MR) is 66.7 cm³/mol. The van der Waals surface area contributed by atoms with Gasteiger partial charge in [0.05, 0.1) is 6.61 Å². The van der Waals surface area contributed by atoms with Crippen LogP contribution in [-0.4, -0.2) is 49.3 Å². The lowest BCUT2D eigenvalue weighted by Crippen LogP contribution is -2.45. The molecular weight excluding hydrogens is 200 g/mol. The van der Waals surface area contributed by atoms with Crippen LogP contribution in [0.25, 0.3) is 0 Å². The number of hydrogen-bond acceptors (Lipinski definition) is 3. The summed E-state index contributed by atoms with van der Waals surface area (Å²) in [6.07, 6.45) is 5.49. The molecule has 1 N–H and O–H groups in total. The number of hydrogen-bond donors (Lipinski definition) is 1. The van der Waals surface area contributed by atoms with E-state index in [1.54, 1.807) is 0 Å². The average Bonchev–Trinajstić information content (AvgIpc) is 3.00. The summed E-state index contributed by atoms with van der Waals surface area (Å²) in [6.45, 7) is 8.54. The normalized spacial score (nSPS) is 27.6. The molecule has 3 nitrogen and oxygen atoms in total. The van der Waals surface area contributed by atoms with Gasteiger partial charge in [-0.05, 0) is 46.1 Å². The Hall–Kier alpha value is -0.120. The minimum absolute atomic E-state index is 0.579. The van der Waals surface area contributed by atoms with Crippen LogP contribution >= 0.6 is 0 Å². The predicted octanol–water partition coefficient (Wildman–Crippen LogP) is 1.63. The maximum atomic E-state index is 5.56. The summed E-state index contributed by atoms with van der Waals surface area (Å²) in [5, 5.41) is 3.60. The van der Waals surface area contributed by atoms with Crippen LogP contribution in [0.3, 0.4) is 0 Å². The second-order valence-electron chi connectivity index (χ2n) is 5.23. The summed E-state index contributed by atoms with van der Waals surface area (Å²) < 4.78 is 5.56. The van der Waals surface area contributed by atoms with Gasteiger partial charge in [-0.3, -0.25) is 4.90 Å². The molecule has 1 aliphatic heterocycles. The Kier molecular flexibility index (Phi) is 4.62. The molecule has 0 aromatic heterocycles. The van der Waals surface area contributed by atoms with E-state index in [4.69, 9.17) is 4.74 Å². The minimum atomic E-state index is 0.579. The van der Waals surface area contributed by atoms with Crippen LogP contribution in [-0.2, 0) is 4.74 Å². The van der Waals surface area contributed by atoms with E-state index in [1.165, 1.54) is 38.8 Å². The Morgan fingerprint density at radius 2 is 2.19 bits per heavy atom. The molecule has 0 bridgehead atoms. The first-order valence-electron chi connectivity index (χ1n) is 6.88. The number of rotatable bonds is 7. The van der Waals surface area contributed by atoms with Gasteiger partial charge < -0.3 is 10.1 Å². The van der Waals surface area contributed by atoms with Gasteiger partial charge in [0.2, 0.25) is 0 Å². The van der Waals surface area contributed by atoms with E-state index in [-0.39, 0.29) is 0 Å². The lowest BCUT2D eigenvalue weighted by Gasteiger charge is -2.31. The monoisotopic (exact) mass is 226 g/mol. The molecule has 0 aromatic carbocycles. The smallest absolute Gasteiger partial charge is 0.0619 e. The molecule has 94 valence electrons. The van der Waals surface area contributed by atoms with Gasteiger partial charge in [-0.1, -0.05) is 0 Å². The van der Waals surface area contributed by atoms with E-state index >= 15 is 0 Å². The maximum Gasteiger partial charge on any atom is 0.0619 e. The molecule has 1 saturated heterocycles. The van der Waals surface area contributed by atoms with Gasteiger partial charge in [0.15, 0.2) is 0 Å². The zero-order valence-corrected chi connectivity index (χ0v) is 10.7. The molecule has 0 spiro atoms. The highest BCUT2D eigenvalue weighted by atomic mass is 16.5. The molecule has 0 amide bonds. The van der Waals surface area contributed by atoms with Crippen LogP contribution in [0.5, 0.6) is 0 Å². The Balaban J connectivity index is 1.78. The molecule has 16 heavy (non-hydrogen) atoms. The quantitative estimate of drug-likeness (QED) is 0.714. The minimum Gasteiger partial charge on any atom is -0.380 e. The highest BCUT2D eigenvalue weighted by molar-refractivity contribution is 4.90. The number of nitrogens with zero attached hydrogens (tertiary/aromatic N) is 1. The molecule has 2 fully saturated rings. The molecule has 1 aliphatic carbocycles. The zero-order chi connectivity index (χ0) is 11.4. The van der Waals surface area contributed by atoms with Crippen molar-refractivity contribution in [1.29, 1.82) is 0 Å². The fraction of sp³-hybridized carbons (Fsp3) is 1.00. The van der Waals surface area contributed by atoms with Crippen LogP contribution in [0.1, 0.15) is 39.5 Å². The standard InChI is InChI=1S/C13H26N2O/c1-3-16-10-11(2)15(13-6-7-13)9-12-5-4-8-14-12/h11-14H,3-10H2,1-2H3. The van der Waals surface area contributed by atoms with Crippen LogP contribution in [0.4, 0.5) is 0 Å². The van der Waals surface area contributed by atoms with Crippen LogP contribution in [0, 0.1) is 0 Å². The van der Waals surface area contributed by atoms with E-state index < -0.39 is 0 Å². The first kappa shape index (κ1) is 12.3. The first-order chi connectivity index (χ1) is 7.81. The Labute approximate surface area is 99.5 Å². The number of ether oxygens (including phenoxy) is 1. The van der Waals surface area contributed by atoms with Crippen LogP contribution in [0.15, 0.2) is 0 Å². The van der Waals surface area contributed by atoms with Gasteiger partial charge in [-0.25, -0.2) is 0 Å². The van der Waals surface area contributed by atoms with Crippen LogP contribution < -0.4 is 5.32 Å². The summed E-state index contributed by atoms with van der Waals surface area (Å²) in [6, 6.07) is 2.15. The average molecular weight is 226 g/mol. The molecule has 0 radical (unpaired) electrons. The summed E-state index contributed by atoms with van der Waals surface area (Å²) in [4.78, 5) is 2.67. The van der Waals surface area contributed by atoms with Gasteiger partial charge >= 0.3 is 0 Å². The topological polar surface area (TPSA) is 24.5 Å². The Bertz CT molecular complexity index is 200. The van der Waals surface area contributed by atoms with E-state index in [2.05, 4.69) is 24.1 Å². The molecule has 2 unspecified atom stereocenters. The summed E-state index contributed by atoms with van der Waals surface area (Å²) in [5.41, 5.74) is 0.